The van der Waals surface area contributed by atoms with Crippen molar-refractivity contribution in [1.29, 1.82) is 0 Å². The van der Waals surface area contributed by atoms with E-state index in [1.54, 1.807) is 25.1 Å². The van der Waals surface area contributed by atoms with Gasteiger partial charge in [-0.2, -0.15) is 0 Å². The fourth-order valence-corrected chi connectivity index (χ4v) is 3.01. The van der Waals surface area contributed by atoms with Crippen LogP contribution in [0.3, 0.4) is 0 Å². The Morgan fingerprint density at radius 3 is 2.62 bits per heavy atom. The lowest BCUT2D eigenvalue weighted by atomic mass is 10.2. The van der Waals surface area contributed by atoms with E-state index in [1.165, 1.54) is 10.8 Å². The van der Waals surface area contributed by atoms with Gasteiger partial charge in [-0.15, -0.1) is 11.6 Å². The molecule has 0 aliphatic carbocycles. The average molecular weight is 329 g/mol. The first-order valence-electron chi connectivity index (χ1n) is 6.61. The molecule has 0 radical (unpaired) electrons. The lowest BCUT2D eigenvalue weighted by Crippen LogP contribution is -2.26. The number of alkyl halides is 1. The summed E-state index contributed by atoms with van der Waals surface area (Å²) in [5.41, 5.74) is 0.418. The first-order chi connectivity index (χ1) is 9.79. The maximum Gasteiger partial charge on any atom is 0.261 e. The maximum absolute atomic E-state index is 12.5. The molecular formula is C14H17ClN2O3S. The molecule has 2 aromatic rings. The number of halogens is 1. The molecule has 0 aliphatic heterocycles. The van der Waals surface area contributed by atoms with Gasteiger partial charge in [0, 0.05) is 12.8 Å². The molecule has 0 fully saturated rings. The van der Waals surface area contributed by atoms with Crippen molar-refractivity contribution in [3.8, 4) is 0 Å². The number of sulfone groups is 1. The molecule has 1 unspecified atom stereocenters. The SMILES string of the molecule is CC(Cl)c1nc2ccccc2c(=O)n1CCCS(C)(=O)=O. The molecular weight excluding hydrogens is 312 g/mol. The Hall–Kier alpha value is -1.40. The minimum absolute atomic E-state index is 0.0301. The number of nitrogens with zero attached hydrogens (tertiary/aromatic N) is 2. The predicted molar refractivity (Wildman–Crippen MR) is 84.6 cm³/mol. The third-order valence-electron chi connectivity index (χ3n) is 3.14. The highest BCUT2D eigenvalue weighted by Gasteiger charge is 2.15. The molecule has 0 amide bonds. The molecule has 0 saturated carbocycles. The quantitative estimate of drug-likeness (QED) is 0.788. The van der Waals surface area contributed by atoms with Gasteiger partial charge in [0.15, 0.2) is 0 Å². The minimum atomic E-state index is -3.05. The van der Waals surface area contributed by atoms with E-state index in [0.29, 0.717) is 23.1 Å². The van der Waals surface area contributed by atoms with Crippen molar-refractivity contribution >= 4 is 32.3 Å². The van der Waals surface area contributed by atoms with E-state index in [0.717, 1.165) is 0 Å². The molecule has 0 N–H and O–H groups in total. The van der Waals surface area contributed by atoms with Gasteiger partial charge in [0.25, 0.3) is 5.56 Å². The first kappa shape index (κ1) is 16.0. The first-order valence-corrected chi connectivity index (χ1v) is 9.10. The van der Waals surface area contributed by atoms with Crippen LogP contribution in [0, 0.1) is 0 Å². The zero-order chi connectivity index (χ0) is 15.6. The number of rotatable bonds is 5. The maximum atomic E-state index is 12.5. The molecule has 2 rings (SSSR count). The van der Waals surface area contributed by atoms with Crippen LogP contribution < -0.4 is 5.56 Å². The van der Waals surface area contributed by atoms with Crippen LogP contribution in [0.15, 0.2) is 29.1 Å². The van der Waals surface area contributed by atoms with Crippen LogP contribution in [0.5, 0.6) is 0 Å². The van der Waals surface area contributed by atoms with Crippen molar-refractivity contribution in [2.75, 3.05) is 12.0 Å². The van der Waals surface area contributed by atoms with Gasteiger partial charge >= 0.3 is 0 Å². The second-order valence-electron chi connectivity index (χ2n) is 5.04. The topological polar surface area (TPSA) is 69.0 Å². The van der Waals surface area contributed by atoms with Crippen molar-refractivity contribution < 1.29 is 8.42 Å². The van der Waals surface area contributed by atoms with E-state index < -0.39 is 15.2 Å². The normalized spacial score (nSPS) is 13.5. The van der Waals surface area contributed by atoms with E-state index in [9.17, 15) is 13.2 Å². The van der Waals surface area contributed by atoms with Crippen molar-refractivity contribution in [2.45, 2.75) is 25.3 Å². The summed E-state index contributed by atoms with van der Waals surface area (Å²) in [7, 11) is -3.05. The van der Waals surface area contributed by atoms with Gasteiger partial charge in [0.05, 0.1) is 22.0 Å². The standard InChI is InChI=1S/C14H17ClN2O3S/c1-10(15)13-16-12-7-4-3-6-11(12)14(18)17(13)8-5-9-21(2,19)20/h3-4,6-7,10H,5,8-9H2,1-2H3. The third-order valence-corrected chi connectivity index (χ3v) is 4.37. The summed E-state index contributed by atoms with van der Waals surface area (Å²) in [6, 6.07) is 7.06. The van der Waals surface area contributed by atoms with Gasteiger partial charge in [-0.05, 0) is 25.5 Å². The monoisotopic (exact) mass is 328 g/mol. The molecule has 1 heterocycles. The van der Waals surface area contributed by atoms with Gasteiger partial charge in [-0.25, -0.2) is 13.4 Å². The third kappa shape index (κ3) is 3.83. The predicted octanol–water partition coefficient (Wildman–Crippen LogP) is 2.13. The highest BCUT2D eigenvalue weighted by atomic mass is 35.5. The summed E-state index contributed by atoms with van der Waals surface area (Å²) >= 11 is 6.11. The summed E-state index contributed by atoms with van der Waals surface area (Å²) in [6.07, 6.45) is 1.54. The number of hydrogen-bond acceptors (Lipinski definition) is 4. The fourth-order valence-electron chi connectivity index (χ4n) is 2.19. The van der Waals surface area contributed by atoms with Gasteiger partial charge < -0.3 is 0 Å². The molecule has 0 aliphatic rings. The largest absolute Gasteiger partial charge is 0.295 e. The molecule has 5 nitrogen and oxygen atoms in total. The number of aromatic nitrogens is 2. The van der Waals surface area contributed by atoms with Crippen LogP contribution in [-0.2, 0) is 16.4 Å². The number of para-hydroxylation sites is 1. The van der Waals surface area contributed by atoms with Crippen LogP contribution in [0.4, 0.5) is 0 Å². The van der Waals surface area contributed by atoms with Crippen molar-refractivity contribution in [1.82, 2.24) is 9.55 Å². The molecule has 114 valence electrons. The smallest absolute Gasteiger partial charge is 0.261 e. The zero-order valence-electron chi connectivity index (χ0n) is 11.9. The van der Waals surface area contributed by atoms with Crippen molar-refractivity contribution in [2.24, 2.45) is 0 Å². The van der Waals surface area contributed by atoms with E-state index in [1.807, 2.05) is 6.07 Å². The molecule has 0 bridgehead atoms. The van der Waals surface area contributed by atoms with Gasteiger partial charge in [0.1, 0.15) is 15.7 Å². The van der Waals surface area contributed by atoms with Gasteiger partial charge in [0.2, 0.25) is 0 Å². The Morgan fingerprint density at radius 1 is 1.33 bits per heavy atom. The van der Waals surface area contributed by atoms with Crippen LogP contribution in [0.2, 0.25) is 0 Å². The van der Waals surface area contributed by atoms with Crippen LogP contribution in [0.1, 0.15) is 24.5 Å². The Labute approximate surface area is 128 Å². The van der Waals surface area contributed by atoms with Gasteiger partial charge in [-0.3, -0.25) is 9.36 Å². The van der Waals surface area contributed by atoms with Crippen LogP contribution in [-0.4, -0.2) is 30.0 Å². The minimum Gasteiger partial charge on any atom is -0.295 e. The molecule has 1 atom stereocenters. The Balaban J connectivity index is 2.47. The summed E-state index contributed by atoms with van der Waals surface area (Å²) in [6.45, 7) is 2.03. The lowest BCUT2D eigenvalue weighted by Gasteiger charge is -2.14. The highest BCUT2D eigenvalue weighted by molar-refractivity contribution is 7.90. The Kier molecular flexibility index (Phi) is 4.68. The van der Waals surface area contributed by atoms with Crippen molar-refractivity contribution in [3.63, 3.8) is 0 Å². The second kappa shape index (κ2) is 6.15. The van der Waals surface area contributed by atoms with E-state index in [2.05, 4.69) is 4.98 Å². The van der Waals surface area contributed by atoms with E-state index in [4.69, 9.17) is 11.6 Å². The summed E-state index contributed by atoms with van der Waals surface area (Å²) < 4.78 is 23.9. The summed E-state index contributed by atoms with van der Waals surface area (Å²) in [5.74, 6) is 0.497. The highest BCUT2D eigenvalue weighted by Crippen LogP contribution is 2.19. The van der Waals surface area contributed by atoms with E-state index in [-0.39, 0.29) is 17.9 Å². The molecule has 1 aromatic carbocycles. The number of benzene rings is 1. The summed E-state index contributed by atoms with van der Waals surface area (Å²) in [5, 5.41) is 0.0819. The zero-order valence-corrected chi connectivity index (χ0v) is 13.5. The molecule has 21 heavy (non-hydrogen) atoms. The van der Waals surface area contributed by atoms with E-state index >= 15 is 0 Å². The molecule has 0 saturated heterocycles. The molecule has 1 aromatic heterocycles. The lowest BCUT2D eigenvalue weighted by molar-refractivity contribution is 0.578. The van der Waals surface area contributed by atoms with Gasteiger partial charge in [-0.1, -0.05) is 12.1 Å². The van der Waals surface area contributed by atoms with Crippen LogP contribution >= 0.6 is 11.6 Å². The van der Waals surface area contributed by atoms with Crippen LogP contribution in [0.25, 0.3) is 10.9 Å². The molecule has 0 spiro atoms. The van der Waals surface area contributed by atoms with Crippen molar-refractivity contribution in [3.05, 3.63) is 40.4 Å². The second-order valence-corrected chi connectivity index (χ2v) is 7.96. The average Bonchev–Trinajstić information content (AvgIpc) is 2.39. The number of hydrogen-bond donors (Lipinski definition) is 0. The molecule has 7 heteroatoms. The fraction of sp³-hybridized carbons (Fsp3) is 0.429. The number of fused-ring (bicyclic) bond motifs is 1. The Bertz CT molecular complexity index is 813. The summed E-state index contributed by atoms with van der Waals surface area (Å²) in [4.78, 5) is 17.0. The Morgan fingerprint density at radius 2 is 2.00 bits per heavy atom.